The lowest BCUT2D eigenvalue weighted by Gasteiger charge is -2.32. The van der Waals surface area contributed by atoms with Gasteiger partial charge in [-0.05, 0) is 57.7 Å². The van der Waals surface area contributed by atoms with Crippen molar-refractivity contribution in [1.29, 1.82) is 0 Å². The van der Waals surface area contributed by atoms with E-state index in [1.807, 2.05) is 39.8 Å². The molecule has 1 aromatic carbocycles. The highest BCUT2D eigenvalue weighted by molar-refractivity contribution is 5.89. The Morgan fingerprint density at radius 3 is 2.70 bits per heavy atom. The number of ether oxygens (including phenoxy) is 1. The van der Waals surface area contributed by atoms with Crippen LogP contribution in [0.1, 0.15) is 51.3 Å². The summed E-state index contributed by atoms with van der Waals surface area (Å²) in [5.41, 5.74) is 8.69. The van der Waals surface area contributed by atoms with Crippen molar-refractivity contribution >= 4 is 11.8 Å². The first kappa shape index (κ1) is 14.9. The first-order valence-corrected chi connectivity index (χ1v) is 7.17. The first-order chi connectivity index (χ1) is 9.28. The van der Waals surface area contributed by atoms with E-state index < -0.39 is 5.60 Å². The third kappa shape index (κ3) is 3.31. The number of aryl methyl sites for hydroxylation is 1. The van der Waals surface area contributed by atoms with Crippen molar-refractivity contribution in [2.24, 2.45) is 5.73 Å². The summed E-state index contributed by atoms with van der Waals surface area (Å²) in [6.07, 6.45) is 1.66. The number of anilines is 1. The van der Waals surface area contributed by atoms with Gasteiger partial charge in [-0.25, -0.2) is 4.79 Å². The van der Waals surface area contributed by atoms with Crippen LogP contribution in [0.15, 0.2) is 18.2 Å². The maximum Gasteiger partial charge on any atom is 0.414 e. The molecule has 0 saturated heterocycles. The van der Waals surface area contributed by atoms with Crippen molar-refractivity contribution in [3.8, 4) is 0 Å². The van der Waals surface area contributed by atoms with Gasteiger partial charge in [0.05, 0.1) is 5.69 Å². The van der Waals surface area contributed by atoms with Gasteiger partial charge in [0.1, 0.15) is 5.60 Å². The van der Waals surface area contributed by atoms with Crippen molar-refractivity contribution < 1.29 is 9.53 Å². The van der Waals surface area contributed by atoms with Crippen molar-refractivity contribution in [2.45, 2.75) is 52.2 Å². The Morgan fingerprint density at radius 2 is 2.10 bits per heavy atom. The number of amides is 1. The van der Waals surface area contributed by atoms with Crippen LogP contribution in [-0.4, -0.2) is 18.2 Å². The van der Waals surface area contributed by atoms with Gasteiger partial charge in [0.15, 0.2) is 0 Å². The molecule has 0 fully saturated rings. The third-order valence-electron chi connectivity index (χ3n) is 3.36. The second-order valence-corrected chi connectivity index (χ2v) is 6.41. The van der Waals surface area contributed by atoms with Crippen molar-refractivity contribution in [3.05, 3.63) is 29.3 Å². The van der Waals surface area contributed by atoms with E-state index in [0.717, 1.165) is 24.1 Å². The third-order valence-corrected chi connectivity index (χ3v) is 3.36. The Balaban J connectivity index is 2.27. The van der Waals surface area contributed by atoms with Crippen LogP contribution < -0.4 is 10.6 Å². The summed E-state index contributed by atoms with van der Waals surface area (Å²) >= 11 is 0. The summed E-state index contributed by atoms with van der Waals surface area (Å²) in [5, 5.41) is 0. The van der Waals surface area contributed by atoms with Crippen LogP contribution in [0.5, 0.6) is 0 Å². The highest BCUT2D eigenvalue weighted by atomic mass is 16.6. The Labute approximate surface area is 120 Å². The molecule has 4 heteroatoms. The molecule has 1 aliphatic heterocycles. The lowest BCUT2D eigenvalue weighted by atomic mass is 9.97. The van der Waals surface area contributed by atoms with Gasteiger partial charge in [-0.15, -0.1) is 0 Å². The molecule has 0 bridgehead atoms. The fraction of sp³-hybridized carbons (Fsp3) is 0.562. The van der Waals surface area contributed by atoms with Gasteiger partial charge in [0.2, 0.25) is 0 Å². The monoisotopic (exact) mass is 276 g/mol. The fourth-order valence-corrected chi connectivity index (χ4v) is 2.41. The van der Waals surface area contributed by atoms with Gasteiger partial charge >= 0.3 is 6.09 Å². The van der Waals surface area contributed by atoms with Crippen LogP contribution in [0.2, 0.25) is 0 Å². The molecular weight excluding hydrogens is 252 g/mol. The molecule has 0 radical (unpaired) electrons. The Morgan fingerprint density at radius 1 is 1.40 bits per heavy atom. The van der Waals surface area contributed by atoms with Gasteiger partial charge in [0.25, 0.3) is 0 Å². The highest BCUT2D eigenvalue weighted by Gasteiger charge is 2.27. The summed E-state index contributed by atoms with van der Waals surface area (Å²) in [5.74, 6) is 0. The molecule has 110 valence electrons. The van der Waals surface area contributed by atoms with Gasteiger partial charge in [-0.3, -0.25) is 4.90 Å². The minimum Gasteiger partial charge on any atom is -0.443 e. The number of hydrogen-bond donors (Lipinski definition) is 1. The number of rotatable bonds is 1. The number of carbonyl (C=O) groups excluding carboxylic acids is 1. The van der Waals surface area contributed by atoms with Gasteiger partial charge in [-0.2, -0.15) is 0 Å². The molecule has 0 spiro atoms. The number of benzene rings is 1. The molecule has 1 heterocycles. The molecule has 20 heavy (non-hydrogen) atoms. The van der Waals surface area contributed by atoms with Crippen molar-refractivity contribution in [1.82, 2.24) is 0 Å². The van der Waals surface area contributed by atoms with Crippen LogP contribution in [0, 0.1) is 0 Å². The summed E-state index contributed by atoms with van der Waals surface area (Å²) in [7, 11) is 0. The standard InChI is InChI=1S/C16H24N2O2/c1-11(17)12-7-8-14-13(10-12)6-5-9-18(14)15(19)20-16(2,3)4/h7-8,10-11H,5-6,9,17H2,1-4H3. The number of carbonyl (C=O) groups is 1. The molecular formula is C16H24N2O2. The topological polar surface area (TPSA) is 55.6 Å². The zero-order chi connectivity index (χ0) is 14.9. The van der Waals surface area contributed by atoms with E-state index in [1.54, 1.807) is 4.90 Å². The maximum atomic E-state index is 12.3. The van der Waals surface area contributed by atoms with E-state index in [9.17, 15) is 4.79 Å². The second kappa shape index (κ2) is 5.44. The first-order valence-electron chi connectivity index (χ1n) is 7.17. The van der Waals surface area contributed by atoms with E-state index >= 15 is 0 Å². The van der Waals surface area contributed by atoms with Crippen LogP contribution in [0.3, 0.4) is 0 Å². The number of hydrogen-bond acceptors (Lipinski definition) is 3. The Kier molecular flexibility index (Phi) is 4.04. The molecule has 2 rings (SSSR count). The molecule has 1 atom stereocenters. The molecule has 0 aliphatic carbocycles. The van der Waals surface area contributed by atoms with Crippen LogP contribution in [-0.2, 0) is 11.2 Å². The quantitative estimate of drug-likeness (QED) is 0.855. The largest absolute Gasteiger partial charge is 0.443 e. The molecule has 1 aromatic rings. The smallest absolute Gasteiger partial charge is 0.414 e. The SMILES string of the molecule is CC(N)c1ccc2c(c1)CCCN2C(=O)OC(C)(C)C. The van der Waals surface area contributed by atoms with Crippen molar-refractivity contribution in [3.63, 3.8) is 0 Å². The van der Waals surface area contributed by atoms with Crippen LogP contribution in [0.25, 0.3) is 0 Å². The summed E-state index contributed by atoms with van der Waals surface area (Å²) in [4.78, 5) is 14.0. The summed E-state index contributed by atoms with van der Waals surface area (Å²) in [6, 6.07) is 6.09. The molecule has 1 aliphatic rings. The predicted octanol–water partition coefficient (Wildman–Crippen LogP) is 3.39. The molecule has 4 nitrogen and oxygen atoms in total. The maximum absolute atomic E-state index is 12.3. The van der Waals surface area contributed by atoms with E-state index in [2.05, 4.69) is 6.07 Å². The molecule has 1 amide bonds. The Hall–Kier alpha value is -1.55. The predicted molar refractivity (Wildman–Crippen MR) is 80.9 cm³/mol. The number of fused-ring (bicyclic) bond motifs is 1. The average Bonchev–Trinajstić information content (AvgIpc) is 2.35. The zero-order valence-electron chi connectivity index (χ0n) is 12.8. The van der Waals surface area contributed by atoms with E-state index in [4.69, 9.17) is 10.5 Å². The lowest BCUT2D eigenvalue weighted by Crippen LogP contribution is -2.39. The van der Waals surface area contributed by atoms with E-state index in [0.29, 0.717) is 6.54 Å². The normalized spacial score (nSPS) is 16.6. The zero-order valence-corrected chi connectivity index (χ0v) is 12.8. The van der Waals surface area contributed by atoms with Crippen LogP contribution >= 0.6 is 0 Å². The fourth-order valence-electron chi connectivity index (χ4n) is 2.41. The summed E-state index contributed by atoms with van der Waals surface area (Å²) < 4.78 is 5.47. The summed E-state index contributed by atoms with van der Waals surface area (Å²) in [6.45, 7) is 8.33. The van der Waals surface area contributed by atoms with E-state index in [-0.39, 0.29) is 12.1 Å². The molecule has 0 saturated carbocycles. The molecule has 1 unspecified atom stereocenters. The van der Waals surface area contributed by atoms with Gasteiger partial charge in [-0.1, -0.05) is 12.1 Å². The minimum atomic E-state index is -0.472. The van der Waals surface area contributed by atoms with Gasteiger partial charge < -0.3 is 10.5 Å². The van der Waals surface area contributed by atoms with E-state index in [1.165, 1.54) is 5.56 Å². The van der Waals surface area contributed by atoms with Gasteiger partial charge in [0, 0.05) is 12.6 Å². The average molecular weight is 276 g/mol. The number of nitrogens with zero attached hydrogens (tertiary/aromatic N) is 1. The van der Waals surface area contributed by atoms with Crippen molar-refractivity contribution in [2.75, 3.05) is 11.4 Å². The minimum absolute atomic E-state index is 0.0113. The van der Waals surface area contributed by atoms with Crippen LogP contribution in [0.4, 0.5) is 10.5 Å². The second-order valence-electron chi connectivity index (χ2n) is 6.41. The molecule has 0 aromatic heterocycles. The Bertz CT molecular complexity index is 504. The lowest BCUT2D eigenvalue weighted by molar-refractivity contribution is 0.0578. The number of nitrogens with two attached hydrogens (primary N) is 1. The molecule has 2 N–H and O–H groups in total. The highest BCUT2D eigenvalue weighted by Crippen LogP contribution is 2.30.